The highest BCUT2D eigenvalue weighted by Crippen LogP contribution is 2.28. The van der Waals surface area contributed by atoms with Gasteiger partial charge in [0.1, 0.15) is 0 Å². The van der Waals surface area contributed by atoms with Gasteiger partial charge in [-0.25, -0.2) is 0 Å². The van der Waals surface area contributed by atoms with Crippen molar-refractivity contribution in [2.45, 2.75) is 19.7 Å². The van der Waals surface area contributed by atoms with Gasteiger partial charge in [-0.05, 0) is 12.5 Å². The largest absolute Gasteiger partial charge is 0.350 e. The number of rotatable bonds is 4. The molecule has 1 amide bonds. The van der Waals surface area contributed by atoms with Crippen LogP contribution in [0.4, 0.5) is 4.79 Å². The predicted octanol–water partition coefficient (Wildman–Crippen LogP) is 2.24. The first-order valence-corrected chi connectivity index (χ1v) is 6.22. The number of thioether (sulfide) groups is 1. The van der Waals surface area contributed by atoms with E-state index in [1.807, 2.05) is 30.3 Å². The lowest BCUT2D eigenvalue weighted by Gasteiger charge is -2.21. The molecule has 1 heterocycles. The van der Waals surface area contributed by atoms with Gasteiger partial charge in [0, 0.05) is 24.9 Å². The van der Waals surface area contributed by atoms with Crippen LogP contribution in [0, 0.1) is 0 Å². The highest BCUT2D eigenvalue weighted by Gasteiger charge is 2.40. The van der Waals surface area contributed by atoms with E-state index in [0.29, 0.717) is 13.2 Å². The fraction of sp³-hybridized carbons (Fsp3) is 0.333. The Kier molecular flexibility index (Phi) is 3.81. The van der Waals surface area contributed by atoms with Gasteiger partial charge in [-0.15, -0.1) is 0 Å². The molecule has 0 bridgehead atoms. The fourth-order valence-electron chi connectivity index (χ4n) is 1.66. The minimum atomic E-state index is -0.738. The zero-order valence-corrected chi connectivity index (χ0v) is 10.3. The van der Waals surface area contributed by atoms with Gasteiger partial charge in [-0.3, -0.25) is 14.5 Å². The molecule has 1 unspecified atom stereocenters. The number of hydrogen-bond donors (Lipinski definition) is 0. The van der Waals surface area contributed by atoms with Crippen molar-refractivity contribution < 1.29 is 14.3 Å². The molecule has 1 fully saturated rings. The molecule has 1 atom stereocenters. The molecule has 0 aliphatic carbocycles. The predicted molar refractivity (Wildman–Crippen MR) is 65.4 cm³/mol. The lowest BCUT2D eigenvalue weighted by Crippen LogP contribution is -2.36. The third kappa shape index (κ3) is 2.68. The third-order valence-electron chi connectivity index (χ3n) is 2.43. The van der Waals surface area contributed by atoms with E-state index in [0.717, 1.165) is 17.3 Å². The summed E-state index contributed by atoms with van der Waals surface area (Å²) in [6.45, 7) is 2.63. The highest BCUT2D eigenvalue weighted by molar-refractivity contribution is 8.26. The van der Waals surface area contributed by atoms with Crippen LogP contribution in [0.15, 0.2) is 30.3 Å². The first-order chi connectivity index (χ1) is 8.22. The normalized spacial score (nSPS) is 20.1. The molecule has 0 spiro atoms. The maximum Gasteiger partial charge on any atom is 0.292 e. The summed E-state index contributed by atoms with van der Waals surface area (Å²) in [7, 11) is 0. The lowest BCUT2D eigenvalue weighted by atomic mass is 10.2. The van der Waals surface area contributed by atoms with Crippen LogP contribution in [-0.4, -0.2) is 28.1 Å². The molecule has 2 rings (SSSR count). The molecule has 1 aromatic carbocycles. The molecule has 1 aliphatic heterocycles. The van der Waals surface area contributed by atoms with Gasteiger partial charge in [0.2, 0.25) is 11.3 Å². The number of hydrogen-bond acceptors (Lipinski definition) is 4. The van der Waals surface area contributed by atoms with Gasteiger partial charge in [0.15, 0.2) is 0 Å². The standard InChI is InChI=1S/C12H13NO3S/c1-2-16-10-11(14)17-12(15)13(10)8-9-6-4-3-5-7-9/h3-7,10H,2,8H2,1H3. The zero-order valence-electron chi connectivity index (χ0n) is 9.46. The maximum absolute atomic E-state index is 11.7. The Bertz CT molecular complexity index is 421. The van der Waals surface area contributed by atoms with Gasteiger partial charge in [0.25, 0.3) is 5.24 Å². The molecular formula is C12H13NO3S. The van der Waals surface area contributed by atoms with Gasteiger partial charge in [-0.2, -0.15) is 0 Å². The number of nitrogens with zero attached hydrogens (tertiary/aromatic N) is 1. The van der Waals surface area contributed by atoms with Crippen molar-refractivity contribution in [3.8, 4) is 0 Å². The molecule has 0 radical (unpaired) electrons. The molecule has 1 saturated heterocycles. The Balaban J connectivity index is 2.12. The second kappa shape index (κ2) is 5.33. The topological polar surface area (TPSA) is 46.6 Å². The van der Waals surface area contributed by atoms with E-state index in [2.05, 4.69) is 0 Å². The first kappa shape index (κ1) is 12.1. The molecule has 17 heavy (non-hydrogen) atoms. The van der Waals surface area contributed by atoms with E-state index >= 15 is 0 Å². The monoisotopic (exact) mass is 251 g/mol. The molecule has 4 nitrogen and oxygen atoms in total. The molecule has 90 valence electrons. The van der Waals surface area contributed by atoms with E-state index < -0.39 is 6.23 Å². The van der Waals surface area contributed by atoms with Crippen molar-refractivity contribution in [1.82, 2.24) is 4.90 Å². The molecule has 1 aromatic rings. The maximum atomic E-state index is 11.7. The van der Waals surface area contributed by atoms with Crippen molar-refractivity contribution in [3.63, 3.8) is 0 Å². The second-order valence-electron chi connectivity index (χ2n) is 3.61. The molecule has 5 heteroatoms. The third-order valence-corrected chi connectivity index (χ3v) is 3.24. The SMILES string of the molecule is CCOC1C(=O)SC(=O)N1Cc1ccccc1. The summed E-state index contributed by atoms with van der Waals surface area (Å²) in [4.78, 5) is 24.7. The molecule has 0 N–H and O–H groups in total. The van der Waals surface area contributed by atoms with Gasteiger partial charge in [-0.1, -0.05) is 30.3 Å². The van der Waals surface area contributed by atoms with Crippen molar-refractivity contribution in [2.75, 3.05) is 6.61 Å². The Hall–Kier alpha value is -1.33. The summed E-state index contributed by atoms with van der Waals surface area (Å²) in [6.07, 6.45) is -0.738. The van der Waals surface area contributed by atoms with Crippen LogP contribution in [0.2, 0.25) is 0 Å². The summed E-state index contributed by atoms with van der Waals surface area (Å²) < 4.78 is 5.31. The molecule has 0 aromatic heterocycles. The van der Waals surface area contributed by atoms with Crippen LogP contribution >= 0.6 is 11.8 Å². The van der Waals surface area contributed by atoms with Crippen LogP contribution in [-0.2, 0) is 16.1 Å². The number of benzene rings is 1. The van der Waals surface area contributed by atoms with E-state index in [1.165, 1.54) is 4.90 Å². The summed E-state index contributed by atoms with van der Waals surface area (Å²) >= 11 is 0.719. The van der Waals surface area contributed by atoms with Crippen molar-refractivity contribution in [2.24, 2.45) is 0 Å². The van der Waals surface area contributed by atoms with E-state index in [1.54, 1.807) is 6.92 Å². The number of carbonyl (C=O) groups excluding carboxylic acids is 2. The summed E-state index contributed by atoms with van der Waals surface area (Å²) in [5.74, 6) is 0. The minimum absolute atomic E-state index is 0.229. The smallest absolute Gasteiger partial charge is 0.292 e. The van der Waals surface area contributed by atoms with Crippen LogP contribution in [0.1, 0.15) is 12.5 Å². The van der Waals surface area contributed by atoms with Crippen molar-refractivity contribution in [3.05, 3.63) is 35.9 Å². The first-order valence-electron chi connectivity index (χ1n) is 5.40. The molecule has 0 saturated carbocycles. The van der Waals surface area contributed by atoms with Gasteiger partial charge in [0.05, 0.1) is 0 Å². The van der Waals surface area contributed by atoms with Crippen molar-refractivity contribution in [1.29, 1.82) is 0 Å². The zero-order chi connectivity index (χ0) is 12.3. The van der Waals surface area contributed by atoms with E-state index in [-0.39, 0.29) is 10.4 Å². The number of ether oxygens (including phenoxy) is 1. The summed E-state index contributed by atoms with van der Waals surface area (Å²) in [5.41, 5.74) is 0.987. The van der Waals surface area contributed by atoms with Crippen LogP contribution in [0.25, 0.3) is 0 Å². The number of carbonyl (C=O) groups is 2. The summed E-state index contributed by atoms with van der Waals surface area (Å²) in [5, 5.41) is -0.468. The second-order valence-corrected chi connectivity index (χ2v) is 4.56. The summed E-state index contributed by atoms with van der Waals surface area (Å²) in [6, 6.07) is 9.56. The Morgan fingerprint density at radius 3 is 2.65 bits per heavy atom. The quantitative estimate of drug-likeness (QED) is 0.823. The van der Waals surface area contributed by atoms with E-state index in [4.69, 9.17) is 4.74 Å². The average Bonchev–Trinajstić information content (AvgIpc) is 2.58. The Morgan fingerprint density at radius 1 is 1.29 bits per heavy atom. The Labute approximate surface area is 104 Å². The van der Waals surface area contributed by atoms with Gasteiger partial charge >= 0.3 is 0 Å². The fourth-order valence-corrected chi connectivity index (χ4v) is 2.41. The molecular weight excluding hydrogens is 238 g/mol. The lowest BCUT2D eigenvalue weighted by molar-refractivity contribution is -0.129. The Morgan fingerprint density at radius 2 is 2.00 bits per heavy atom. The van der Waals surface area contributed by atoms with Crippen LogP contribution < -0.4 is 0 Å². The minimum Gasteiger partial charge on any atom is -0.350 e. The number of amides is 1. The van der Waals surface area contributed by atoms with E-state index in [9.17, 15) is 9.59 Å². The molecule has 1 aliphatic rings. The van der Waals surface area contributed by atoms with Crippen LogP contribution in [0.3, 0.4) is 0 Å². The average molecular weight is 251 g/mol. The highest BCUT2D eigenvalue weighted by atomic mass is 32.2. The van der Waals surface area contributed by atoms with Crippen LogP contribution in [0.5, 0.6) is 0 Å². The van der Waals surface area contributed by atoms with Crippen molar-refractivity contribution >= 4 is 22.1 Å². The van der Waals surface area contributed by atoms with Gasteiger partial charge < -0.3 is 4.74 Å².